The number of piperidine rings is 1. The SMILES string of the molecule is CCCN1CCC(O)(c2ccc(C(=O)OC)o2)CC1. The summed E-state index contributed by atoms with van der Waals surface area (Å²) in [6, 6.07) is 3.22. The molecule has 0 amide bonds. The van der Waals surface area contributed by atoms with Gasteiger partial charge in [0.2, 0.25) is 5.76 Å². The maximum atomic E-state index is 11.3. The molecule has 0 aliphatic carbocycles. The molecule has 2 heterocycles. The number of carbonyl (C=O) groups excluding carboxylic acids is 1. The molecule has 0 spiro atoms. The topological polar surface area (TPSA) is 62.9 Å². The Morgan fingerprint density at radius 3 is 2.74 bits per heavy atom. The lowest BCUT2D eigenvalue weighted by Crippen LogP contribution is -2.42. The molecule has 1 saturated heterocycles. The summed E-state index contributed by atoms with van der Waals surface area (Å²) in [5.41, 5.74) is -0.962. The number of hydrogen-bond donors (Lipinski definition) is 1. The zero-order valence-electron chi connectivity index (χ0n) is 11.5. The molecule has 19 heavy (non-hydrogen) atoms. The van der Waals surface area contributed by atoms with E-state index < -0.39 is 11.6 Å². The van der Waals surface area contributed by atoms with Gasteiger partial charge >= 0.3 is 5.97 Å². The van der Waals surface area contributed by atoms with E-state index in [1.54, 1.807) is 12.1 Å². The summed E-state index contributed by atoms with van der Waals surface area (Å²) in [5, 5.41) is 10.6. The highest BCUT2D eigenvalue weighted by Gasteiger charge is 2.37. The molecule has 1 fully saturated rings. The van der Waals surface area contributed by atoms with Crippen LogP contribution < -0.4 is 0 Å². The molecule has 1 aromatic heterocycles. The number of nitrogens with zero attached hydrogens (tertiary/aromatic N) is 1. The van der Waals surface area contributed by atoms with Gasteiger partial charge in [-0.1, -0.05) is 6.92 Å². The van der Waals surface area contributed by atoms with Crippen molar-refractivity contribution in [3.63, 3.8) is 0 Å². The molecular formula is C14H21NO4. The molecule has 0 bridgehead atoms. The molecule has 5 heteroatoms. The van der Waals surface area contributed by atoms with E-state index in [1.807, 2.05) is 0 Å². The van der Waals surface area contributed by atoms with Gasteiger partial charge in [-0.3, -0.25) is 0 Å². The number of likely N-dealkylation sites (tertiary alicyclic amines) is 1. The number of esters is 1. The van der Waals surface area contributed by atoms with Gasteiger partial charge in [-0.2, -0.15) is 0 Å². The van der Waals surface area contributed by atoms with Crippen molar-refractivity contribution in [2.24, 2.45) is 0 Å². The van der Waals surface area contributed by atoms with Crippen LogP contribution in [0.15, 0.2) is 16.5 Å². The number of aliphatic hydroxyl groups is 1. The van der Waals surface area contributed by atoms with Gasteiger partial charge in [0.1, 0.15) is 11.4 Å². The second-order valence-electron chi connectivity index (χ2n) is 5.03. The van der Waals surface area contributed by atoms with E-state index in [0.717, 1.165) is 26.1 Å². The summed E-state index contributed by atoms with van der Waals surface area (Å²) in [6.45, 7) is 4.90. The van der Waals surface area contributed by atoms with Crippen molar-refractivity contribution in [3.05, 3.63) is 23.7 Å². The maximum Gasteiger partial charge on any atom is 0.373 e. The lowest BCUT2D eigenvalue weighted by atomic mass is 9.89. The van der Waals surface area contributed by atoms with Gasteiger partial charge in [-0.15, -0.1) is 0 Å². The van der Waals surface area contributed by atoms with Crippen molar-refractivity contribution in [1.82, 2.24) is 4.90 Å². The minimum absolute atomic E-state index is 0.141. The first-order valence-electron chi connectivity index (χ1n) is 6.72. The average molecular weight is 267 g/mol. The van der Waals surface area contributed by atoms with Gasteiger partial charge < -0.3 is 19.2 Å². The Kier molecular flexibility index (Phi) is 4.27. The van der Waals surface area contributed by atoms with E-state index in [9.17, 15) is 9.90 Å². The molecule has 0 atom stereocenters. The monoisotopic (exact) mass is 267 g/mol. The molecule has 1 aliphatic rings. The van der Waals surface area contributed by atoms with Crippen molar-refractivity contribution in [2.45, 2.75) is 31.8 Å². The van der Waals surface area contributed by atoms with Gasteiger partial charge in [0.15, 0.2) is 0 Å². The van der Waals surface area contributed by atoms with Gasteiger partial charge in [-0.05, 0) is 37.9 Å². The van der Waals surface area contributed by atoms with E-state index in [4.69, 9.17) is 4.42 Å². The van der Waals surface area contributed by atoms with Crippen molar-refractivity contribution < 1.29 is 19.1 Å². The van der Waals surface area contributed by atoms with E-state index in [-0.39, 0.29) is 5.76 Å². The zero-order valence-corrected chi connectivity index (χ0v) is 11.5. The third kappa shape index (κ3) is 2.98. The Morgan fingerprint density at radius 1 is 1.47 bits per heavy atom. The van der Waals surface area contributed by atoms with Crippen LogP contribution in [0.5, 0.6) is 0 Å². The smallest absolute Gasteiger partial charge is 0.373 e. The van der Waals surface area contributed by atoms with Crippen molar-refractivity contribution in [2.75, 3.05) is 26.7 Å². The standard InChI is InChI=1S/C14H21NO4/c1-3-8-15-9-6-14(17,7-10-15)12-5-4-11(19-12)13(16)18-2/h4-5,17H,3,6-10H2,1-2H3. The van der Waals surface area contributed by atoms with Crippen LogP contribution in [0.1, 0.15) is 42.5 Å². The van der Waals surface area contributed by atoms with Crippen LogP contribution in [0.2, 0.25) is 0 Å². The summed E-state index contributed by atoms with van der Waals surface area (Å²) < 4.78 is 10.0. The number of hydrogen-bond acceptors (Lipinski definition) is 5. The van der Waals surface area contributed by atoms with Crippen LogP contribution in [-0.2, 0) is 10.3 Å². The van der Waals surface area contributed by atoms with Gasteiger partial charge in [0.25, 0.3) is 0 Å². The predicted octanol–water partition coefficient (Wildman–Crippen LogP) is 1.76. The lowest BCUT2D eigenvalue weighted by Gasteiger charge is -2.36. The molecule has 5 nitrogen and oxygen atoms in total. The first-order chi connectivity index (χ1) is 9.09. The normalized spacial score (nSPS) is 19.3. The molecule has 1 N–H and O–H groups in total. The van der Waals surface area contributed by atoms with Crippen LogP contribution in [0.4, 0.5) is 0 Å². The van der Waals surface area contributed by atoms with E-state index in [1.165, 1.54) is 7.11 Å². The predicted molar refractivity (Wildman–Crippen MR) is 69.9 cm³/mol. The zero-order chi connectivity index (χ0) is 13.9. The quantitative estimate of drug-likeness (QED) is 0.842. The van der Waals surface area contributed by atoms with Crippen molar-refractivity contribution >= 4 is 5.97 Å². The number of rotatable bonds is 4. The van der Waals surface area contributed by atoms with E-state index in [2.05, 4.69) is 16.6 Å². The average Bonchev–Trinajstić information content (AvgIpc) is 2.91. The van der Waals surface area contributed by atoms with Crippen LogP contribution >= 0.6 is 0 Å². The van der Waals surface area contributed by atoms with Crippen LogP contribution in [0.25, 0.3) is 0 Å². The van der Waals surface area contributed by atoms with Gasteiger partial charge in [0, 0.05) is 13.1 Å². The van der Waals surface area contributed by atoms with Crippen LogP contribution in [0, 0.1) is 0 Å². The third-order valence-corrected chi connectivity index (χ3v) is 3.67. The Bertz CT molecular complexity index is 432. The van der Waals surface area contributed by atoms with E-state index >= 15 is 0 Å². The Labute approximate surface area is 113 Å². The Balaban J connectivity index is 2.05. The first kappa shape index (κ1) is 14.1. The summed E-state index contributed by atoms with van der Waals surface area (Å²) >= 11 is 0. The molecule has 0 saturated carbocycles. The van der Waals surface area contributed by atoms with Crippen LogP contribution in [0.3, 0.4) is 0 Å². The highest BCUT2D eigenvalue weighted by molar-refractivity contribution is 5.86. The number of ether oxygens (including phenoxy) is 1. The highest BCUT2D eigenvalue weighted by atomic mass is 16.5. The summed E-state index contributed by atoms with van der Waals surface area (Å²) in [4.78, 5) is 13.7. The van der Waals surface area contributed by atoms with Gasteiger partial charge in [-0.25, -0.2) is 4.79 Å². The first-order valence-corrected chi connectivity index (χ1v) is 6.72. The minimum atomic E-state index is -0.962. The van der Waals surface area contributed by atoms with Crippen molar-refractivity contribution in [3.8, 4) is 0 Å². The fraction of sp³-hybridized carbons (Fsp3) is 0.643. The largest absolute Gasteiger partial charge is 0.463 e. The molecular weight excluding hydrogens is 246 g/mol. The molecule has 106 valence electrons. The molecule has 0 radical (unpaired) electrons. The molecule has 2 rings (SSSR count). The molecule has 1 aromatic rings. The number of furan rings is 1. The van der Waals surface area contributed by atoms with E-state index in [0.29, 0.717) is 18.6 Å². The number of carbonyl (C=O) groups is 1. The fourth-order valence-electron chi connectivity index (χ4n) is 2.51. The highest BCUT2D eigenvalue weighted by Crippen LogP contribution is 2.34. The summed E-state index contributed by atoms with van der Waals surface area (Å²) in [5.74, 6) is 0.0873. The summed E-state index contributed by atoms with van der Waals surface area (Å²) in [6.07, 6.45) is 2.37. The lowest BCUT2D eigenvalue weighted by molar-refractivity contribution is -0.0425. The molecule has 0 aromatic carbocycles. The summed E-state index contributed by atoms with van der Waals surface area (Å²) in [7, 11) is 1.31. The van der Waals surface area contributed by atoms with Crippen LogP contribution in [-0.4, -0.2) is 42.7 Å². The minimum Gasteiger partial charge on any atom is -0.463 e. The Hall–Kier alpha value is -1.33. The Morgan fingerprint density at radius 2 is 2.16 bits per heavy atom. The molecule has 0 unspecified atom stereocenters. The van der Waals surface area contributed by atoms with Gasteiger partial charge in [0.05, 0.1) is 7.11 Å². The second-order valence-corrected chi connectivity index (χ2v) is 5.03. The molecule has 1 aliphatic heterocycles. The van der Waals surface area contributed by atoms with Crippen molar-refractivity contribution in [1.29, 1.82) is 0 Å². The second kappa shape index (κ2) is 5.75. The fourth-order valence-corrected chi connectivity index (χ4v) is 2.51. The maximum absolute atomic E-state index is 11.3. The third-order valence-electron chi connectivity index (χ3n) is 3.67. The number of methoxy groups -OCH3 is 1.